The van der Waals surface area contributed by atoms with Gasteiger partial charge in [-0.3, -0.25) is 9.69 Å². The normalized spacial score (nSPS) is 20.3. The molecule has 1 aromatic heterocycles. The molecule has 0 saturated carbocycles. The quantitative estimate of drug-likeness (QED) is 0.911. The fraction of sp³-hybridized carbons (Fsp3) is 0.583. The summed E-state index contributed by atoms with van der Waals surface area (Å²) in [6.07, 6.45) is 0.483. The number of carbonyl (C=O) groups excluding carboxylic acids is 1. The predicted octanol–water partition coefficient (Wildman–Crippen LogP) is 1.43. The van der Waals surface area contributed by atoms with Crippen molar-refractivity contribution in [3.05, 3.63) is 21.3 Å². The molecular weight excluding hydrogens is 272 g/mol. The lowest BCUT2D eigenvalue weighted by Gasteiger charge is -2.20. The SMILES string of the molecule is CN(Cc1ccc(Cl)s1)C(=O)CN1CCC(O)C1. The lowest BCUT2D eigenvalue weighted by molar-refractivity contribution is -0.131. The van der Waals surface area contributed by atoms with Gasteiger partial charge in [0.15, 0.2) is 0 Å². The van der Waals surface area contributed by atoms with Crippen molar-refractivity contribution in [3.63, 3.8) is 0 Å². The van der Waals surface area contributed by atoms with Crippen molar-refractivity contribution in [1.29, 1.82) is 0 Å². The van der Waals surface area contributed by atoms with E-state index >= 15 is 0 Å². The van der Waals surface area contributed by atoms with Crippen LogP contribution in [0.4, 0.5) is 0 Å². The number of thiophene rings is 1. The first kappa shape index (κ1) is 13.8. The van der Waals surface area contributed by atoms with E-state index in [1.165, 1.54) is 11.3 Å². The molecule has 1 unspecified atom stereocenters. The van der Waals surface area contributed by atoms with E-state index in [0.717, 1.165) is 22.2 Å². The second-order valence-electron chi connectivity index (χ2n) is 4.63. The van der Waals surface area contributed by atoms with E-state index in [1.807, 2.05) is 17.0 Å². The Morgan fingerprint density at radius 3 is 3.00 bits per heavy atom. The minimum atomic E-state index is -0.279. The zero-order valence-corrected chi connectivity index (χ0v) is 11.9. The molecule has 6 heteroatoms. The summed E-state index contributed by atoms with van der Waals surface area (Å²) in [6, 6.07) is 3.78. The number of likely N-dealkylation sites (N-methyl/N-ethyl adjacent to an activating group) is 1. The molecule has 1 aliphatic rings. The van der Waals surface area contributed by atoms with Crippen LogP contribution in [0.2, 0.25) is 4.34 Å². The Kier molecular flexibility index (Phi) is 4.61. The molecule has 0 aromatic carbocycles. The summed E-state index contributed by atoms with van der Waals surface area (Å²) in [5, 5.41) is 9.41. The fourth-order valence-electron chi connectivity index (χ4n) is 2.03. The van der Waals surface area contributed by atoms with E-state index in [0.29, 0.717) is 19.6 Å². The first-order valence-corrected chi connectivity index (χ1v) is 7.12. The molecule has 0 aliphatic carbocycles. The molecule has 18 heavy (non-hydrogen) atoms. The third kappa shape index (κ3) is 3.68. The zero-order valence-electron chi connectivity index (χ0n) is 10.3. The summed E-state index contributed by atoms with van der Waals surface area (Å²) in [5.74, 6) is 0.0774. The lowest BCUT2D eigenvalue weighted by atomic mass is 10.3. The van der Waals surface area contributed by atoms with Crippen molar-refractivity contribution < 1.29 is 9.90 Å². The van der Waals surface area contributed by atoms with Gasteiger partial charge in [-0.2, -0.15) is 0 Å². The van der Waals surface area contributed by atoms with Gasteiger partial charge in [0.05, 0.1) is 23.5 Å². The van der Waals surface area contributed by atoms with E-state index in [1.54, 1.807) is 11.9 Å². The van der Waals surface area contributed by atoms with E-state index in [4.69, 9.17) is 11.6 Å². The molecule has 1 saturated heterocycles. The van der Waals surface area contributed by atoms with Crippen LogP contribution in [0.25, 0.3) is 0 Å². The third-order valence-corrected chi connectivity index (χ3v) is 4.27. The lowest BCUT2D eigenvalue weighted by Crippen LogP contribution is -2.37. The maximum atomic E-state index is 12.0. The molecule has 1 atom stereocenters. The van der Waals surface area contributed by atoms with Gasteiger partial charge in [0.1, 0.15) is 0 Å². The van der Waals surface area contributed by atoms with Crippen LogP contribution in [0.5, 0.6) is 0 Å². The van der Waals surface area contributed by atoms with Crippen LogP contribution in [0.1, 0.15) is 11.3 Å². The Bertz CT molecular complexity index is 424. The number of carbonyl (C=O) groups is 1. The second-order valence-corrected chi connectivity index (χ2v) is 6.43. The van der Waals surface area contributed by atoms with Gasteiger partial charge >= 0.3 is 0 Å². The molecule has 0 spiro atoms. The van der Waals surface area contributed by atoms with Crippen LogP contribution in [-0.2, 0) is 11.3 Å². The summed E-state index contributed by atoms with van der Waals surface area (Å²) in [5.41, 5.74) is 0. The summed E-state index contributed by atoms with van der Waals surface area (Å²) in [6.45, 7) is 2.37. The molecule has 1 amide bonds. The fourth-order valence-corrected chi connectivity index (χ4v) is 3.17. The Balaban J connectivity index is 1.81. The molecule has 2 heterocycles. The Labute approximate surface area is 116 Å². The number of nitrogens with zero attached hydrogens (tertiary/aromatic N) is 2. The van der Waals surface area contributed by atoms with E-state index in [-0.39, 0.29) is 12.0 Å². The number of aliphatic hydroxyl groups excluding tert-OH is 1. The van der Waals surface area contributed by atoms with Gasteiger partial charge < -0.3 is 10.0 Å². The van der Waals surface area contributed by atoms with Crippen molar-refractivity contribution in [3.8, 4) is 0 Å². The molecule has 1 aliphatic heterocycles. The summed E-state index contributed by atoms with van der Waals surface area (Å²) < 4.78 is 0.744. The van der Waals surface area contributed by atoms with Crippen molar-refractivity contribution in [2.45, 2.75) is 19.1 Å². The van der Waals surface area contributed by atoms with Gasteiger partial charge in [-0.05, 0) is 18.6 Å². The number of aliphatic hydroxyl groups is 1. The van der Waals surface area contributed by atoms with Crippen LogP contribution in [-0.4, -0.2) is 53.6 Å². The van der Waals surface area contributed by atoms with E-state index in [2.05, 4.69) is 0 Å². The first-order valence-electron chi connectivity index (χ1n) is 5.93. The molecule has 100 valence electrons. The number of rotatable bonds is 4. The smallest absolute Gasteiger partial charge is 0.236 e. The van der Waals surface area contributed by atoms with Gasteiger partial charge in [-0.1, -0.05) is 11.6 Å². The minimum absolute atomic E-state index is 0.0774. The number of hydrogen-bond donors (Lipinski definition) is 1. The molecular formula is C12H17ClN2O2S. The number of halogens is 1. The van der Waals surface area contributed by atoms with Crippen molar-refractivity contribution in [1.82, 2.24) is 9.80 Å². The van der Waals surface area contributed by atoms with Crippen molar-refractivity contribution in [2.24, 2.45) is 0 Å². The second kappa shape index (κ2) is 6.02. The number of hydrogen-bond acceptors (Lipinski definition) is 4. The Morgan fingerprint density at radius 1 is 1.67 bits per heavy atom. The molecule has 4 nitrogen and oxygen atoms in total. The van der Waals surface area contributed by atoms with Gasteiger partial charge in [0.2, 0.25) is 5.91 Å². The third-order valence-electron chi connectivity index (χ3n) is 3.05. The molecule has 2 rings (SSSR count). The summed E-state index contributed by atoms with van der Waals surface area (Å²) >= 11 is 7.35. The highest BCUT2D eigenvalue weighted by Gasteiger charge is 2.23. The van der Waals surface area contributed by atoms with Gasteiger partial charge in [0.25, 0.3) is 0 Å². The standard InChI is InChI=1S/C12H17ClN2O2S/c1-14(7-10-2-3-11(13)18-10)12(17)8-15-5-4-9(16)6-15/h2-3,9,16H,4-8H2,1H3. The van der Waals surface area contributed by atoms with Crippen LogP contribution in [0.15, 0.2) is 12.1 Å². The first-order chi connectivity index (χ1) is 8.54. The highest BCUT2D eigenvalue weighted by Crippen LogP contribution is 2.22. The van der Waals surface area contributed by atoms with Gasteiger partial charge in [-0.15, -0.1) is 11.3 Å². The maximum absolute atomic E-state index is 12.0. The Hall–Kier alpha value is -0.620. The predicted molar refractivity (Wildman–Crippen MR) is 72.9 cm³/mol. The minimum Gasteiger partial charge on any atom is -0.392 e. The Morgan fingerprint density at radius 2 is 2.44 bits per heavy atom. The molecule has 0 bridgehead atoms. The topological polar surface area (TPSA) is 43.8 Å². The summed E-state index contributed by atoms with van der Waals surface area (Å²) in [7, 11) is 1.79. The monoisotopic (exact) mass is 288 g/mol. The van der Waals surface area contributed by atoms with Crippen LogP contribution in [0.3, 0.4) is 0 Å². The van der Waals surface area contributed by atoms with Crippen LogP contribution < -0.4 is 0 Å². The average molecular weight is 289 g/mol. The van der Waals surface area contributed by atoms with Crippen molar-refractivity contribution >= 4 is 28.8 Å². The van der Waals surface area contributed by atoms with E-state index < -0.39 is 0 Å². The average Bonchev–Trinajstić information content (AvgIpc) is 2.88. The van der Waals surface area contributed by atoms with Gasteiger partial charge in [-0.25, -0.2) is 0 Å². The van der Waals surface area contributed by atoms with Crippen LogP contribution in [0, 0.1) is 0 Å². The van der Waals surface area contributed by atoms with Gasteiger partial charge in [0, 0.05) is 25.0 Å². The molecule has 0 radical (unpaired) electrons. The number of amides is 1. The highest BCUT2D eigenvalue weighted by molar-refractivity contribution is 7.16. The van der Waals surface area contributed by atoms with Crippen molar-refractivity contribution in [2.75, 3.05) is 26.7 Å². The molecule has 1 N–H and O–H groups in total. The van der Waals surface area contributed by atoms with E-state index in [9.17, 15) is 9.90 Å². The largest absolute Gasteiger partial charge is 0.392 e. The zero-order chi connectivity index (χ0) is 13.1. The maximum Gasteiger partial charge on any atom is 0.236 e. The molecule has 1 aromatic rings. The molecule has 1 fully saturated rings. The number of likely N-dealkylation sites (tertiary alicyclic amines) is 1. The number of β-amino-alcohol motifs (C(OH)–C–C–N with tert-alkyl or cyclic N) is 1. The van der Waals surface area contributed by atoms with Crippen LogP contribution >= 0.6 is 22.9 Å². The highest BCUT2D eigenvalue weighted by atomic mass is 35.5. The summed E-state index contributed by atoms with van der Waals surface area (Å²) in [4.78, 5) is 16.8.